The first-order valence-corrected chi connectivity index (χ1v) is 4.28. The number of aliphatic hydroxyl groups is 5. The smallest absolute Gasteiger partial charge is 0.402 e. The fourth-order valence-electron chi connectivity index (χ4n) is 1.50. The first-order valence-electron chi connectivity index (χ1n) is 4.28. The summed E-state index contributed by atoms with van der Waals surface area (Å²) in [6.45, 7) is 0. The summed E-state index contributed by atoms with van der Waals surface area (Å²) < 4.78 is 4.28. The Bertz CT molecular complexity index is 197. The van der Waals surface area contributed by atoms with Gasteiger partial charge in [0.05, 0.1) is 0 Å². The van der Waals surface area contributed by atoms with Crippen molar-refractivity contribution in [3.8, 4) is 0 Å². The highest BCUT2D eigenvalue weighted by atomic mass is 16.6. The topological polar surface area (TPSA) is 151 Å². The van der Waals surface area contributed by atoms with E-state index in [0.717, 1.165) is 0 Å². The average Bonchev–Trinajstić information content (AvgIpc) is 2.18. The lowest BCUT2D eigenvalue weighted by molar-refractivity contribution is -0.221. The highest BCUT2D eigenvalue weighted by Gasteiger charge is 2.49. The standard InChI is InChI=1S/C6H13BO8/c8-1-2(9)4(11)6(15-7(13)14)5(12)3(1)10/h1-6,8-14H/t1?,2-,3+,4+,5-,6?. The summed E-state index contributed by atoms with van der Waals surface area (Å²) in [5, 5.41) is 63.1. The third kappa shape index (κ3) is 2.46. The van der Waals surface area contributed by atoms with Gasteiger partial charge in [-0.3, -0.25) is 0 Å². The van der Waals surface area contributed by atoms with Crippen LogP contribution in [0.2, 0.25) is 0 Å². The molecule has 0 saturated heterocycles. The summed E-state index contributed by atoms with van der Waals surface area (Å²) >= 11 is 0. The van der Waals surface area contributed by atoms with Crippen LogP contribution in [0.15, 0.2) is 0 Å². The molecule has 6 atom stereocenters. The average molecular weight is 224 g/mol. The predicted octanol–water partition coefficient (Wildman–Crippen LogP) is -4.84. The second-order valence-corrected chi connectivity index (χ2v) is 3.38. The van der Waals surface area contributed by atoms with E-state index >= 15 is 0 Å². The molecule has 1 rings (SSSR count). The second-order valence-electron chi connectivity index (χ2n) is 3.38. The van der Waals surface area contributed by atoms with Gasteiger partial charge in [-0.15, -0.1) is 0 Å². The number of hydrogen-bond donors (Lipinski definition) is 7. The fraction of sp³-hybridized carbons (Fsp3) is 1.00. The Kier molecular flexibility index (Phi) is 4.03. The predicted molar refractivity (Wildman–Crippen MR) is 45.1 cm³/mol. The summed E-state index contributed by atoms with van der Waals surface area (Å²) in [6.07, 6.45) is -10.3. The molecular formula is C6H13BO8. The molecule has 1 aliphatic carbocycles. The van der Waals surface area contributed by atoms with Crippen LogP contribution < -0.4 is 0 Å². The van der Waals surface area contributed by atoms with Crippen LogP contribution in [0.25, 0.3) is 0 Å². The molecule has 0 aromatic heterocycles. The van der Waals surface area contributed by atoms with Crippen molar-refractivity contribution in [1.29, 1.82) is 0 Å². The van der Waals surface area contributed by atoms with E-state index in [4.69, 9.17) is 15.2 Å². The van der Waals surface area contributed by atoms with E-state index in [1.54, 1.807) is 0 Å². The zero-order chi connectivity index (χ0) is 11.7. The molecule has 9 heteroatoms. The Balaban J connectivity index is 2.77. The molecule has 0 aliphatic heterocycles. The van der Waals surface area contributed by atoms with Gasteiger partial charge in [0.1, 0.15) is 36.6 Å². The summed E-state index contributed by atoms with van der Waals surface area (Å²) in [5.74, 6) is 0. The maximum absolute atomic E-state index is 9.32. The van der Waals surface area contributed by atoms with Gasteiger partial charge in [0.2, 0.25) is 0 Å². The minimum atomic E-state index is -2.27. The van der Waals surface area contributed by atoms with Crippen LogP contribution in [-0.4, -0.2) is 79.5 Å². The molecule has 1 aliphatic rings. The Morgan fingerprint density at radius 3 is 1.33 bits per heavy atom. The van der Waals surface area contributed by atoms with Gasteiger partial charge >= 0.3 is 7.32 Å². The molecular weight excluding hydrogens is 211 g/mol. The van der Waals surface area contributed by atoms with Gasteiger partial charge in [-0.1, -0.05) is 0 Å². The summed E-state index contributed by atoms with van der Waals surface area (Å²) in [6, 6.07) is 0. The zero-order valence-electron chi connectivity index (χ0n) is 7.58. The van der Waals surface area contributed by atoms with Gasteiger partial charge in [-0.25, -0.2) is 0 Å². The Morgan fingerprint density at radius 1 is 0.667 bits per heavy atom. The van der Waals surface area contributed by atoms with Gasteiger partial charge in [0.25, 0.3) is 0 Å². The lowest BCUT2D eigenvalue weighted by Crippen LogP contribution is -2.65. The molecule has 0 amide bonds. The van der Waals surface area contributed by atoms with Crippen LogP contribution in [0.3, 0.4) is 0 Å². The van der Waals surface area contributed by atoms with Gasteiger partial charge < -0.3 is 40.2 Å². The van der Waals surface area contributed by atoms with E-state index in [-0.39, 0.29) is 0 Å². The van der Waals surface area contributed by atoms with Crippen LogP contribution in [0.1, 0.15) is 0 Å². The molecule has 1 fully saturated rings. The van der Waals surface area contributed by atoms with Crippen LogP contribution in [0.4, 0.5) is 0 Å². The quantitative estimate of drug-likeness (QED) is 0.231. The highest BCUT2D eigenvalue weighted by Crippen LogP contribution is 2.23. The molecule has 0 aromatic rings. The molecule has 2 unspecified atom stereocenters. The lowest BCUT2D eigenvalue weighted by Gasteiger charge is -2.41. The molecule has 15 heavy (non-hydrogen) atoms. The Labute approximate surface area is 85.2 Å². The molecule has 0 heterocycles. The van der Waals surface area contributed by atoms with Crippen molar-refractivity contribution in [2.24, 2.45) is 0 Å². The SMILES string of the molecule is OB(O)OC1[C@@H](O)[C@H](O)C(O)[C@H](O)[C@H]1O. The van der Waals surface area contributed by atoms with Crippen LogP contribution >= 0.6 is 0 Å². The largest absolute Gasteiger partial charge is 0.634 e. The minimum Gasteiger partial charge on any atom is -0.402 e. The maximum atomic E-state index is 9.32. The van der Waals surface area contributed by atoms with Crippen molar-refractivity contribution >= 4 is 7.32 Å². The number of rotatable bonds is 2. The van der Waals surface area contributed by atoms with E-state index in [9.17, 15) is 20.4 Å². The first kappa shape index (κ1) is 12.8. The molecule has 0 spiro atoms. The molecule has 88 valence electrons. The van der Waals surface area contributed by atoms with Crippen LogP contribution in [0, 0.1) is 0 Å². The van der Waals surface area contributed by atoms with Gasteiger partial charge in [0, 0.05) is 0 Å². The minimum absolute atomic E-state index is 1.60. The summed E-state index contributed by atoms with van der Waals surface area (Å²) in [7, 11) is -2.27. The Morgan fingerprint density at radius 2 is 1.00 bits per heavy atom. The second kappa shape index (κ2) is 4.72. The summed E-state index contributed by atoms with van der Waals surface area (Å²) in [5.41, 5.74) is 0. The van der Waals surface area contributed by atoms with Crippen molar-refractivity contribution in [3.63, 3.8) is 0 Å². The third-order valence-corrected chi connectivity index (χ3v) is 2.35. The van der Waals surface area contributed by atoms with Crippen molar-refractivity contribution in [2.75, 3.05) is 0 Å². The molecule has 1 saturated carbocycles. The van der Waals surface area contributed by atoms with Crippen molar-refractivity contribution in [2.45, 2.75) is 36.6 Å². The van der Waals surface area contributed by atoms with Crippen molar-refractivity contribution in [3.05, 3.63) is 0 Å². The highest BCUT2D eigenvalue weighted by molar-refractivity contribution is 6.32. The number of hydrogen-bond acceptors (Lipinski definition) is 8. The molecule has 0 radical (unpaired) electrons. The van der Waals surface area contributed by atoms with Gasteiger partial charge in [0.15, 0.2) is 0 Å². The normalized spacial score (nSPS) is 46.6. The maximum Gasteiger partial charge on any atom is 0.634 e. The van der Waals surface area contributed by atoms with E-state index in [1.807, 2.05) is 0 Å². The molecule has 0 bridgehead atoms. The zero-order valence-corrected chi connectivity index (χ0v) is 7.58. The molecule has 7 N–H and O–H groups in total. The fourth-order valence-corrected chi connectivity index (χ4v) is 1.50. The van der Waals surface area contributed by atoms with Gasteiger partial charge in [-0.05, 0) is 0 Å². The van der Waals surface area contributed by atoms with E-state index in [2.05, 4.69) is 4.65 Å². The van der Waals surface area contributed by atoms with E-state index in [1.165, 1.54) is 0 Å². The molecule has 8 nitrogen and oxygen atoms in total. The third-order valence-electron chi connectivity index (χ3n) is 2.35. The monoisotopic (exact) mass is 224 g/mol. The number of aliphatic hydroxyl groups excluding tert-OH is 5. The van der Waals surface area contributed by atoms with Crippen LogP contribution in [-0.2, 0) is 4.65 Å². The lowest BCUT2D eigenvalue weighted by atomic mass is 9.84. The van der Waals surface area contributed by atoms with E-state index < -0.39 is 43.9 Å². The summed E-state index contributed by atoms with van der Waals surface area (Å²) in [4.78, 5) is 0. The van der Waals surface area contributed by atoms with E-state index in [0.29, 0.717) is 0 Å². The van der Waals surface area contributed by atoms with Gasteiger partial charge in [-0.2, -0.15) is 0 Å². The molecule has 0 aromatic carbocycles. The first-order chi connectivity index (χ1) is 6.86. The Hall–Kier alpha value is -0.255. The van der Waals surface area contributed by atoms with Crippen LogP contribution in [0.5, 0.6) is 0 Å². The van der Waals surface area contributed by atoms with Crippen molar-refractivity contribution in [1.82, 2.24) is 0 Å². The van der Waals surface area contributed by atoms with Crippen molar-refractivity contribution < 1.29 is 40.2 Å².